The van der Waals surface area contributed by atoms with E-state index in [4.69, 9.17) is 16.3 Å². The fourth-order valence-electron chi connectivity index (χ4n) is 4.12. The Morgan fingerprint density at radius 3 is 2.41 bits per heavy atom. The van der Waals surface area contributed by atoms with Crippen molar-refractivity contribution in [3.05, 3.63) is 81.2 Å². The van der Waals surface area contributed by atoms with Gasteiger partial charge in [0, 0.05) is 31.0 Å². The number of hydrogen-bond acceptors (Lipinski definition) is 7. The first-order valence-electron chi connectivity index (χ1n) is 13.1. The van der Waals surface area contributed by atoms with Crippen molar-refractivity contribution in [3.8, 4) is 0 Å². The second-order valence-corrected chi connectivity index (χ2v) is 9.62. The van der Waals surface area contributed by atoms with Crippen LogP contribution in [-0.2, 0) is 11.3 Å². The number of urea groups is 1. The van der Waals surface area contributed by atoms with Crippen molar-refractivity contribution in [1.82, 2.24) is 15.1 Å². The minimum absolute atomic E-state index is 0.170. The Balaban J connectivity index is 1.31. The molecule has 11 heteroatoms. The summed E-state index contributed by atoms with van der Waals surface area (Å²) in [5.74, 6) is -0.384. The fraction of sp³-hybridized carbons (Fsp3) is 0.357. The van der Waals surface area contributed by atoms with Gasteiger partial charge in [0.15, 0.2) is 0 Å². The lowest BCUT2D eigenvalue weighted by Gasteiger charge is -2.23. The fourth-order valence-corrected chi connectivity index (χ4v) is 4.38. The van der Waals surface area contributed by atoms with E-state index in [0.29, 0.717) is 29.2 Å². The molecule has 0 spiro atoms. The van der Waals surface area contributed by atoms with Crippen molar-refractivity contribution in [1.29, 1.82) is 0 Å². The second-order valence-electron chi connectivity index (χ2n) is 9.24. The third kappa shape index (κ3) is 7.81. The first-order chi connectivity index (χ1) is 18.9. The summed E-state index contributed by atoms with van der Waals surface area (Å²) in [6, 6.07) is 13.2. The Kier molecular flexibility index (Phi) is 9.93. The van der Waals surface area contributed by atoms with Gasteiger partial charge in [-0.2, -0.15) is 5.10 Å². The lowest BCUT2D eigenvalue weighted by Crippen LogP contribution is -2.32. The molecule has 0 aliphatic carbocycles. The molecule has 0 unspecified atom stereocenters. The first kappa shape index (κ1) is 28.1. The van der Waals surface area contributed by atoms with Gasteiger partial charge >= 0.3 is 12.0 Å². The van der Waals surface area contributed by atoms with Gasteiger partial charge in [-0.25, -0.2) is 14.3 Å². The van der Waals surface area contributed by atoms with Gasteiger partial charge < -0.3 is 25.6 Å². The number of carbonyl (C=O) groups excluding carboxylic acids is 2. The lowest BCUT2D eigenvalue weighted by molar-refractivity contribution is 0.0499. The van der Waals surface area contributed by atoms with E-state index in [0.717, 1.165) is 51.0 Å². The molecule has 1 aromatic heterocycles. The number of unbranched alkanes of at least 4 members (excludes halogenated alkanes) is 1. The smallest absolute Gasteiger partial charge is 0.338 e. The number of aromatic nitrogens is 2. The topological polar surface area (TPSA) is 118 Å². The highest BCUT2D eigenvalue weighted by Gasteiger charge is 2.17. The van der Waals surface area contributed by atoms with Crippen LogP contribution in [0.15, 0.2) is 59.5 Å². The second kappa shape index (κ2) is 13.8. The molecule has 2 amide bonds. The van der Waals surface area contributed by atoms with Crippen LogP contribution in [-0.4, -0.2) is 54.6 Å². The van der Waals surface area contributed by atoms with E-state index in [-0.39, 0.29) is 23.1 Å². The highest BCUT2D eigenvalue weighted by molar-refractivity contribution is 6.33. The van der Waals surface area contributed by atoms with E-state index < -0.39 is 6.03 Å². The van der Waals surface area contributed by atoms with Gasteiger partial charge in [-0.1, -0.05) is 37.1 Å². The Morgan fingerprint density at radius 2 is 1.72 bits per heavy atom. The largest absolute Gasteiger partial charge is 0.462 e. The van der Waals surface area contributed by atoms with E-state index in [2.05, 4.69) is 25.9 Å². The highest BCUT2D eigenvalue weighted by Crippen LogP contribution is 2.22. The molecule has 0 bridgehead atoms. The number of benzene rings is 2. The van der Waals surface area contributed by atoms with Crippen molar-refractivity contribution in [2.45, 2.75) is 32.7 Å². The maximum atomic E-state index is 12.9. The molecule has 0 atom stereocenters. The number of ether oxygens (including phenoxy) is 1. The first-order valence-corrected chi connectivity index (χ1v) is 13.5. The molecule has 4 rings (SSSR count). The van der Waals surface area contributed by atoms with Gasteiger partial charge in [0.2, 0.25) is 0 Å². The Bertz CT molecular complexity index is 1320. The van der Waals surface area contributed by atoms with Gasteiger partial charge in [0.05, 0.1) is 30.6 Å². The van der Waals surface area contributed by atoms with Crippen LogP contribution in [0.2, 0.25) is 5.02 Å². The highest BCUT2D eigenvalue weighted by atomic mass is 35.5. The molecule has 0 radical (unpaired) electrons. The van der Waals surface area contributed by atoms with Crippen LogP contribution < -0.4 is 26.4 Å². The Hall–Kier alpha value is -3.89. The van der Waals surface area contributed by atoms with Gasteiger partial charge in [0.1, 0.15) is 5.02 Å². The molecule has 206 valence electrons. The van der Waals surface area contributed by atoms with Gasteiger partial charge in [-0.3, -0.25) is 4.79 Å². The summed E-state index contributed by atoms with van der Waals surface area (Å²) in [5.41, 5.74) is 2.70. The summed E-state index contributed by atoms with van der Waals surface area (Å²) >= 11 is 6.44. The van der Waals surface area contributed by atoms with Crippen molar-refractivity contribution in [2.24, 2.45) is 0 Å². The average molecular weight is 553 g/mol. The van der Waals surface area contributed by atoms with Crippen LogP contribution in [0.1, 0.15) is 42.1 Å². The van der Waals surface area contributed by atoms with Crippen LogP contribution >= 0.6 is 11.6 Å². The van der Waals surface area contributed by atoms with E-state index in [9.17, 15) is 14.4 Å². The molecule has 1 fully saturated rings. The van der Waals surface area contributed by atoms with E-state index >= 15 is 0 Å². The summed E-state index contributed by atoms with van der Waals surface area (Å²) in [7, 11) is 0. The monoisotopic (exact) mass is 552 g/mol. The summed E-state index contributed by atoms with van der Waals surface area (Å²) < 4.78 is 6.52. The molecule has 3 aromatic rings. The molecule has 1 aliphatic rings. The van der Waals surface area contributed by atoms with Crippen molar-refractivity contribution in [2.75, 3.05) is 48.3 Å². The predicted molar refractivity (Wildman–Crippen MR) is 153 cm³/mol. The molecule has 1 saturated heterocycles. The molecule has 2 aromatic carbocycles. The number of carbonyl (C=O) groups is 2. The molecule has 0 saturated carbocycles. The molecule has 39 heavy (non-hydrogen) atoms. The number of esters is 1. The van der Waals surface area contributed by atoms with Gasteiger partial charge in [0.25, 0.3) is 5.56 Å². The summed E-state index contributed by atoms with van der Waals surface area (Å²) in [6.07, 6.45) is 4.39. The van der Waals surface area contributed by atoms with E-state index in [1.54, 1.807) is 42.6 Å². The van der Waals surface area contributed by atoms with Gasteiger partial charge in [-0.05, 0) is 61.3 Å². The van der Waals surface area contributed by atoms with Gasteiger partial charge in [-0.15, -0.1) is 0 Å². The van der Waals surface area contributed by atoms with Crippen LogP contribution in [0, 0.1) is 0 Å². The number of rotatable bonds is 9. The van der Waals surface area contributed by atoms with Crippen LogP contribution in [0.4, 0.5) is 21.9 Å². The average Bonchev–Trinajstić information content (AvgIpc) is 3.22. The minimum atomic E-state index is -0.426. The summed E-state index contributed by atoms with van der Waals surface area (Å²) in [5, 5.41) is 13.3. The lowest BCUT2D eigenvalue weighted by atomic mass is 10.2. The number of halogens is 1. The van der Waals surface area contributed by atoms with Crippen molar-refractivity contribution < 1.29 is 14.3 Å². The minimum Gasteiger partial charge on any atom is -0.462 e. The van der Waals surface area contributed by atoms with E-state index in [1.165, 1.54) is 4.68 Å². The zero-order chi connectivity index (χ0) is 27.6. The summed E-state index contributed by atoms with van der Waals surface area (Å²) in [4.78, 5) is 39.4. The predicted octanol–water partition coefficient (Wildman–Crippen LogP) is 4.35. The van der Waals surface area contributed by atoms with E-state index in [1.807, 2.05) is 19.1 Å². The zero-order valence-corrected chi connectivity index (χ0v) is 22.7. The standard InChI is InChI=1S/C28H33ClN6O4/c1-2-3-17-39-27(37)21-7-11-23(12-8-21)33-28(38)32-22-9-5-20(6-10-22)19-35-26(36)25(29)24(18-31-35)34-15-4-13-30-14-16-34/h5-12,18,30H,2-4,13-17,19H2,1H3,(H2,32,33,38). The Morgan fingerprint density at radius 1 is 1.03 bits per heavy atom. The molecule has 3 N–H and O–H groups in total. The molecule has 10 nitrogen and oxygen atoms in total. The van der Waals surface area contributed by atoms with Crippen molar-refractivity contribution in [3.63, 3.8) is 0 Å². The third-order valence-corrected chi connectivity index (χ3v) is 6.66. The molecule has 2 heterocycles. The summed E-state index contributed by atoms with van der Waals surface area (Å²) in [6.45, 7) is 6.03. The SMILES string of the molecule is CCCCOC(=O)c1ccc(NC(=O)Nc2ccc(Cn3ncc(N4CCCNCC4)c(Cl)c3=O)cc2)cc1. The molecule has 1 aliphatic heterocycles. The molecular weight excluding hydrogens is 520 g/mol. The number of hydrogen-bond donors (Lipinski definition) is 3. The van der Waals surface area contributed by atoms with Crippen LogP contribution in [0.3, 0.4) is 0 Å². The van der Waals surface area contributed by atoms with Crippen LogP contribution in [0.25, 0.3) is 0 Å². The number of nitrogens with one attached hydrogen (secondary N) is 3. The maximum absolute atomic E-state index is 12.9. The number of amides is 2. The normalized spacial score (nSPS) is 13.4. The molecular formula is C28H33ClN6O4. The number of nitrogens with zero attached hydrogens (tertiary/aromatic N) is 3. The van der Waals surface area contributed by atoms with Crippen molar-refractivity contribution >= 4 is 40.7 Å². The van der Waals surface area contributed by atoms with Crippen LogP contribution in [0.5, 0.6) is 0 Å². The number of anilines is 3. The quantitative estimate of drug-likeness (QED) is 0.267. The Labute approximate surface area is 232 Å². The third-order valence-electron chi connectivity index (χ3n) is 6.30. The maximum Gasteiger partial charge on any atom is 0.338 e. The zero-order valence-electron chi connectivity index (χ0n) is 21.9.